The first-order valence-electron chi connectivity index (χ1n) is 4.07. The molecule has 0 aliphatic carbocycles. The maximum atomic E-state index is 10.3. The summed E-state index contributed by atoms with van der Waals surface area (Å²) < 4.78 is 0. The lowest BCUT2D eigenvalue weighted by Gasteiger charge is -1.92. The normalized spacial score (nSPS) is 11.1. The molecule has 0 atom stereocenters. The molecule has 0 heterocycles. The van der Waals surface area contributed by atoms with Gasteiger partial charge in [0.15, 0.2) is 0 Å². The van der Waals surface area contributed by atoms with Gasteiger partial charge in [0.05, 0.1) is 0 Å². The van der Waals surface area contributed by atoms with Crippen LogP contribution >= 0.6 is 0 Å². The Bertz CT molecular complexity index is 208. The summed E-state index contributed by atoms with van der Waals surface area (Å²) in [6.45, 7) is 5.69. The van der Waals surface area contributed by atoms with Gasteiger partial charge in [0.2, 0.25) is 0 Å². The average Bonchev–Trinajstić information content (AvgIpc) is 1.97. The Morgan fingerprint density at radius 1 is 1.17 bits per heavy atom. The fourth-order valence-electron chi connectivity index (χ4n) is 0.759. The molecule has 0 fully saturated rings. The number of carboxylic acid groups (broad SMARTS) is 1. The van der Waals surface area contributed by atoms with Gasteiger partial charge in [-0.1, -0.05) is 17.7 Å². The van der Waals surface area contributed by atoms with E-state index in [4.69, 9.17) is 5.11 Å². The standard InChI is InChI=1S/C10H16O2/c1-8(2)6-4-5-7-9(3)10(11)12/h6-7H,4-5H2,1-3H3,(H,11,12)/b9-7+. The van der Waals surface area contributed by atoms with Crippen LogP contribution in [-0.4, -0.2) is 11.1 Å². The Hall–Kier alpha value is -1.05. The van der Waals surface area contributed by atoms with Crippen LogP contribution in [0, 0.1) is 0 Å². The molecule has 0 aliphatic heterocycles. The van der Waals surface area contributed by atoms with Crippen molar-refractivity contribution in [2.75, 3.05) is 0 Å². The van der Waals surface area contributed by atoms with Gasteiger partial charge in [-0.15, -0.1) is 0 Å². The van der Waals surface area contributed by atoms with E-state index >= 15 is 0 Å². The van der Waals surface area contributed by atoms with E-state index in [0.717, 1.165) is 12.8 Å². The molecule has 0 amide bonds. The second kappa shape index (κ2) is 5.58. The molecular formula is C10H16O2. The largest absolute Gasteiger partial charge is 0.478 e. The first kappa shape index (κ1) is 11.0. The Kier molecular flexibility index (Phi) is 5.09. The average molecular weight is 168 g/mol. The zero-order chi connectivity index (χ0) is 9.56. The molecule has 2 heteroatoms. The summed E-state index contributed by atoms with van der Waals surface area (Å²) in [7, 11) is 0. The molecule has 0 spiro atoms. The van der Waals surface area contributed by atoms with Crippen LogP contribution in [0.2, 0.25) is 0 Å². The van der Waals surface area contributed by atoms with E-state index < -0.39 is 5.97 Å². The third-order valence-electron chi connectivity index (χ3n) is 1.51. The molecule has 0 aliphatic rings. The number of aliphatic carboxylic acids is 1. The Labute approximate surface area is 73.6 Å². The fourth-order valence-corrected chi connectivity index (χ4v) is 0.759. The molecule has 0 radical (unpaired) electrons. The second-order valence-electron chi connectivity index (χ2n) is 3.05. The monoisotopic (exact) mass is 168 g/mol. The van der Waals surface area contributed by atoms with Crippen LogP contribution < -0.4 is 0 Å². The molecule has 0 aromatic carbocycles. The number of hydrogen-bond donors (Lipinski definition) is 1. The summed E-state index contributed by atoms with van der Waals surface area (Å²) in [5.41, 5.74) is 1.70. The smallest absolute Gasteiger partial charge is 0.330 e. The van der Waals surface area contributed by atoms with Gasteiger partial charge < -0.3 is 5.11 Å². The highest BCUT2D eigenvalue weighted by Crippen LogP contribution is 2.01. The molecule has 68 valence electrons. The Morgan fingerprint density at radius 2 is 1.67 bits per heavy atom. The minimum absolute atomic E-state index is 0.428. The third kappa shape index (κ3) is 5.71. The summed E-state index contributed by atoms with van der Waals surface area (Å²) in [6, 6.07) is 0. The quantitative estimate of drug-likeness (QED) is 0.398. The van der Waals surface area contributed by atoms with Crippen LogP contribution in [0.15, 0.2) is 23.3 Å². The SMILES string of the molecule is CC(C)=CCC/C=C(\C)C(=O)O. The summed E-state index contributed by atoms with van der Waals surface area (Å²) >= 11 is 0. The number of allylic oxidation sites excluding steroid dienone is 3. The molecule has 0 unspecified atom stereocenters. The van der Waals surface area contributed by atoms with Crippen molar-refractivity contribution in [2.45, 2.75) is 33.6 Å². The molecule has 0 aromatic heterocycles. The molecular weight excluding hydrogens is 152 g/mol. The highest BCUT2D eigenvalue weighted by molar-refractivity contribution is 5.85. The van der Waals surface area contributed by atoms with E-state index in [1.165, 1.54) is 5.57 Å². The molecule has 0 rings (SSSR count). The van der Waals surface area contributed by atoms with Crippen LogP contribution in [-0.2, 0) is 4.79 Å². The molecule has 2 nitrogen and oxygen atoms in total. The molecule has 0 saturated heterocycles. The Morgan fingerprint density at radius 3 is 2.08 bits per heavy atom. The summed E-state index contributed by atoms with van der Waals surface area (Å²) in [5.74, 6) is -0.827. The van der Waals surface area contributed by atoms with Crippen molar-refractivity contribution >= 4 is 5.97 Å². The second-order valence-corrected chi connectivity index (χ2v) is 3.05. The summed E-state index contributed by atoms with van der Waals surface area (Å²) in [6.07, 6.45) is 5.59. The lowest BCUT2D eigenvalue weighted by atomic mass is 10.2. The summed E-state index contributed by atoms with van der Waals surface area (Å²) in [5, 5.41) is 8.51. The minimum atomic E-state index is -0.827. The van der Waals surface area contributed by atoms with Crippen molar-refractivity contribution in [1.29, 1.82) is 0 Å². The van der Waals surface area contributed by atoms with E-state index in [1.807, 2.05) is 13.8 Å². The van der Waals surface area contributed by atoms with Gasteiger partial charge in [-0.3, -0.25) is 0 Å². The van der Waals surface area contributed by atoms with Crippen molar-refractivity contribution in [3.05, 3.63) is 23.3 Å². The van der Waals surface area contributed by atoms with E-state index in [0.29, 0.717) is 5.57 Å². The van der Waals surface area contributed by atoms with Crippen molar-refractivity contribution < 1.29 is 9.90 Å². The number of rotatable bonds is 4. The van der Waals surface area contributed by atoms with Gasteiger partial charge in [-0.05, 0) is 33.6 Å². The van der Waals surface area contributed by atoms with Crippen molar-refractivity contribution in [3.63, 3.8) is 0 Å². The predicted molar refractivity (Wildman–Crippen MR) is 50.1 cm³/mol. The lowest BCUT2D eigenvalue weighted by Crippen LogP contribution is -1.95. The van der Waals surface area contributed by atoms with E-state index in [2.05, 4.69) is 6.08 Å². The van der Waals surface area contributed by atoms with Gasteiger partial charge in [-0.2, -0.15) is 0 Å². The van der Waals surface area contributed by atoms with Gasteiger partial charge in [-0.25, -0.2) is 4.79 Å². The lowest BCUT2D eigenvalue weighted by molar-refractivity contribution is -0.132. The fraction of sp³-hybridized carbons (Fsp3) is 0.500. The van der Waals surface area contributed by atoms with E-state index in [-0.39, 0.29) is 0 Å². The van der Waals surface area contributed by atoms with Gasteiger partial charge >= 0.3 is 5.97 Å². The first-order valence-corrected chi connectivity index (χ1v) is 4.07. The number of unbranched alkanes of at least 4 members (excludes halogenated alkanes) is 1. The maximum Gasteiger partial charge on any atom is 0.330 e. The van der Waals surface area contributed by atoms with Gasteiger partial charge in [0.1, 0.15) is 0 Å². The van der Waals surface area contributed by atoms with Crippen LogP contribution in [0.25, 0.3) is 0 Å². The highest BCUT2D eigenvalue weighted by atomic mass is 16.4. The molecule has 0 bridgehead atoms. The van der Waals surface area contributed by atoms with Crippen molar-refractivity contribution in [3.8, 4) is 0 Å². The van der Waals surface area contributed by atoms with Crippen LogP contribution in [0.4, 0.5) is 0 Å². The number of carboxylic acids is 1. The zero-order valence-electron chi connectivity index (χ0n) is 7.92. The molecule has 0 aromatic rings. The van der Waals surface area contributed by atoms with Gasteiger partial charge in [0.25, 0.3) is 0 Å². The highest BCUT2D eigenvalue weighted by Gasteiger charge is 1.96. The minimum Gasteiger partial charge on any atom is -0.478 e. The third-order valence-corrected chi connectivity index (χ3v) is 1.51. The molecule has 12 heavy (non-hydrogen) atoms. The molecule has 0 saturated carbocycles. The van der Waals surface area contributed by atoms with Gasteiger partial charge in [0, 0.05) is 5.57 Å². The molecule has 1 N–H and O–H groups in total. The van der Waals surface area contributed by atoms with E-state index in [1.54, 1.807) is 13.0 Å². The maximum absolute atomic E-state index is 10.3. The van der Waals surface area contributed by atoms with Crippen LogP contribution in [0.5, 0.6) is 0 Å². The topological polar surface area (TPSA) is 37.3 Å². The van der Waals surface area contributed by atoms with Crippen LogP contribution in [0.3, 0.4) is 0 Å². The number of hydrogen-bond acceptors (Lipinski definition) is 1. The Balaban J connectivity index is 3.75. The summed E-state index contributed by atoms with van der Waals surface area (Å²) in [4.78, 5) is 10.3. The zero-order valence-corrected chi connectivity index (χ0v) is 7.92. The first-order chi connectivity index (χ1) is 5.54. The predicted octanol–water partition coefficient (Wildman–Crippen LogP) is 2.76. The van der Waals surface area contributed by atoms with E-state index in [9.17, 15) is 4.79 Å². The van der Waals surface area contributed by atoms with Crippen LogP contribution in [0.1, 0.15) is 33.6 Å². The van der Waals surface area contributed by atoms with Crippen molar-refractivity contribution in [1.82, 2.24) is 0 Å². The number of carbonyl (C=O) groups is 1. The van der Waals surface area contributed by atoms with Crippen molar-refractivity contribution in [2.24, 2.45) is 0 Å².